The molecule has 234 valence electrons. The van der Waals surface area contributed by atoms with Crippen molar-refractivity contribution in [2.75, 3.05) is 32.8 Å². The lowest BCUT2D eigenvalue weighted by molar-refractivity contribution is -0.126. The minimum atomic E-state index is -0.836. The largest absolute Gasteiger partial charge is 0.490 e. The summed E-state index contributed by atoms with van der Waals surface area (Å²) in [4.78, 5) is 31.6. The smallest absolute Gasteiger partial charge is 0.251 e. The van der Waals surface area contributed by atoms with Crippen LogP contribution in [0.1, 0.15) is 21.6 Å². The van der Waals surface area contributed by atoms with E-state index in [4.69, 9.17) is 14.8 Å². The molecule has 46 heavy (non-hydrogen) atoms. The minimum Gasteiger partial charge on any atom is -0.490 e. The molecule has 5 heterocycles. The fourth-order valence-electron chi connectivity index (χ4n) is 6.19. The van der Waals surface area contributed by atoms with Gasteiger partial charge in [-0.2, -0.15) is 5.10 Å². The Morgan fingerprint density at radius 3 is 2.78 bits per heavy atom. The number of aliphatic hydroxyl groups excluding tert-OH is 1. The number of amides is 2. The van der Waals surface area contributed by atoms with Crippen molar-refractivity contribution >= 4 is 33.2 Å². The van der Waals surface area contributed by atoms with Crippen LogP contribution in [0.25, 0.3) is 43.9 Å². The molecule has 0 saturated heterocycles. The van der Waals surface area contributed by atoms with Gasteiger partial charge in [0.25, 0.3) is 5.91 Å². The SMILES string of the molecule is C=CC(=O)N1CCc2cc(-c3nc(-c4ccc5c(c4)CCNC5=O)c4ccsc4c3-c3c(F)cc(F)cc3OCCO)nn2CC1. The molecule has 0 fully saturated rings. The standard InChI is InChI=1S/C34H29F2N5O4S/c1-2-28(43)40-9-6-22-18-26(39-41(22)11-10-40)32-30(29-25(36)16-21(35)17-27(29)45-13-12-42)33-24(7-14-46-33)31(38-32)20-3-4-23-19(15-20)5-8-37-34(23)44/h2-4,7,14-18,42H,1,5-6,8-13H2,(H,37,44). The number of fused-ring (bicyclic) bond motifs is 3. The molecule has 0 atom stereocenters. The van der Waals surface area contributed by atoms with Gasteiger partial charge in [-0.3, -0.25) is 14.3 Å². The van der Waals surface area contributed by atoms with E-state index in [1.807, 2.05) is 34.3 Å². The number of pyridine rings is 1. The van der Waals surface area contributed by atoms with E-state index in [9.17, 15) is 19.1 Å². The van der Waals surface area contributed by atoms with Crippen molar-refractivity contribution in [3.8, 4) is 39.5 Å². The molecule has 2 amide bonds. The zero-order valence-electron chi connectivity index (χ0n) is 24.7. The second-order valence-electron chi connectivity index (χ2n) is 11.1. The lowest BCUT2D eigenvalue weighted by Gasteiger charge is -2.19. The zero-order chi connectivity index (χ0) is 31.9. The number of benzene rings is 2. The van der Waals surface area contributed by atoms with Crippen molar-refractivity contribution in [3.05, 3.63) is 89.0 Å². The summed E-state index contributed by atoms with van der Waals surface area (Å²) >= 11 is 1.39. The third-order valence-corrected chi connectivity index (χ3v) is 9.27. The Balaban J connectivity index is 1.46. The number of carbonyl (C=O) groups is 2. The predicted molar refractivity (Wildman–Crippen MR) is 171 cm³/mol. The van der Waals surface area contributed by atoms with Crippen LogP contribution < -0.4 is 10.1 Å². The van der Waals surface area contributed by atoms with E-state index in [0.29, 0.717) is 71.9 Å². The number of thiophene rings is 1. The molecule has 0 spiro atoms. The van der Waals surface area contributed by atoms with Crippen LogP contribution in [0.2, 0.25) is 0 Å². The molecule has 2 aromatic carbocycles. The van der Waals surface area contributed by atoms with Crippen LogP contribution in [-0.4, -0.2) is 69.4 Å². The topological polar surface area (TPSA) is 110 Å². The molecule has 2 aliphatic heterocycles. The minimum absolute atomic E-state index is 0.0180. The molecule has 0 radical (unpaired) electrons. The molecule has 0 bridgehead atoms. The first-order valence-corrected chi connectivity index (χ1v) is 15.8. The van der Waals surface area contributed by atoms with Crippen LogP contribution in [0.3, 0.4) is 0 Å². The van der Waals surface area contributed by atoms with E-state index in [0.717, 1.165) is 34.3 Å². The second-order valence-corrected chi connectivity index (χ2v) is 12.0. The number of rotatable bonds is 7. The van der Waals surface area contributed by atoms with Crippen molar-refractivity contribution < 1.29 is 28.2 Å². The first-order valence-electron chi connectivity index (χ1n) is 14.9. The number of hydrogen-bond acceptors (Lipinski definition) is 7. The summed E-state index contributed by atoms with van der Waals surface area (Å²) in [6.45, 7) is 5.01. The van der Waals surface area contributed by atoms with Crippen LogP contribution in [0.4, 0.5) is 8.78 Å². The van der Waals surface area contributed by atoms with Gasteiger partial charge in [-0.25, -0.2) is 13.8 Å². The second kappa shape index (κ2) is 12.1. The Bertz CT molecular complexity index is 2010. The normalized spacial score (nSPS) is 14.4. The monoisotopic (exact) mass is 641 g/mol. The molecule has 9 nitrogen and oxygen atoms in total. The van der Waals surface area contributed by atoms with Crippen LogP contribution in [-0.2, 0) is 24.2 Å². The van der Waals surface area contributed by atoms with Crippen molar-refractivity contribution in [2.45, 2.75) is 19.4 Å². The van der Waals surface area contributed by atoms with Gasteiger partial charge in [0.2, 0.25) is 5.91 Å². The number of aromatic nitrogens is 3. The Morgan fingerprint density at radius 2 is 1.96 bits per heavy atom. The molecular formula is C34H29F2N5O4S. The lowest BCUT2D eigenvalue weighted by atomic mass is 9.93. The lowest BCUT2D eigenvalue weighted by Crippen LogP contribution is -2.32. The van der Waals surface area contributed by atoms with E-state index in [-0.39, 0.29) is 36.3 Å². The van der Waals surface area contributed by atoms with Gasteiger partial charge >= 0.3 is 0 Å². The number of halogens is 2. The Hall–Kier alpha value is -4.94. The maximum Gasteiger partial charge on any atom is 0.251 e. The third kappa shape index (κ3) is 5.23. The molecule has 0 aliphatic carbocycles. The van der Waals surface area contributed by atoms with Crippen LogP contribution in [0.15, 0.2) is 60.5 Å². The van der Waals surface area contributed by atoms with E-state index >= 15 is 4.39 Å². The number of ether oxygens (including phenoxy) is 1. The summed E-state index contributed by atoms with van der Waals surface area (Å²) in [6.07, 6.45) is 2.52. The van der Waals surface area contributed by atoms with Crippen molar-refractivity contribution in [1.82, 2.24) is 25.0 Å². The summed E-state index contributed by atoms with van der Waals surface area (Å²) in [5.41, 5.74) is 5.11. The molecule has 0 unspecified atom stereocenters. The number of carbonyl (C=O) groups excluding carboxylic acids is 2. The average Bonchev–Trinajstić information content (AvgIpc) is 3.66. The molecular weight excluding hydrogens is 612 g/mol. The van der Waals surface area contributed by atoms with Gasteiger partial charge in [0.1, 0.15) is 35.4 Å². The third-order valence-electron chi connectivity index (χ3n) is 8.34. The molecule has 7 rings (SSSR count). The van der Waals surface area contributed by atoms with Crippen molar-refractivity contribution in [1.29, 1.82) is 0 Å². The molecule has 3 aromatic heterocycles. The summed E-state index contributed by atoms with van der Waals surface area (Å²) in [5.74, 6) is -1.97. The number of aliphatic hydroxyl groups is 1. The van der Waals surface area contributed by atoms with Gasteiger partial charge in [0.15, 0.2) is 0 Å². The number of hydrogen-bond donors (Lipinski definition) is 2. The van der Waals surface area contributed by atoms with Gasteiger partial charge in [-0.1, -0.05) is 12.6 Å². The zero-order valence-corrected chi connectivity index (χ0v) is 25.5. The van der Waals surface area contributed by atoms with Gasteiger partial charge in [0.05, 0.1) is 24.4 Å². The summed E-state index contributed by atoms with van der Waals surface area (Å²) in [6, 6.07) is 11.3. The highest BCUT2D eigenvalue weighted by molar-refractivity contribution is 7.18. The molecule has 0 saturated carbocycles. The highest BCUT2D eigenvalue weighted by atomic mass is 32.1. The van der Waals surface area contributed by atoms with Gasteiger partial charge < -0.3 is 20.1 Å². The number of nitrogens with one attached hydrogen (secondary N) is 1. The summed E-state index contributed by atoms with van der Waals surface area (Å²) in [5, 5.41) is 19.9. The first-order chi connectivity index (χ1) is 22.4. The average molecular weight is 642 g/mol. The quantitative estimate of drug-likeness (QED) is 0.242. The van der Waals surface area contributed by atoms with E-state index in [2.05, 4.69) is 11.9 Å². The molecule has 2 N–H and O–H groups in total. The highest BCUT2D eigenvalue weighted by Crippen LogP contribution is 2.47. The van der Waals surface area contributed by atoms with E-state index in [1.165, 1.54) is 17.4 Å². The van der Waals surface area contributed by atoms with E-state index < -0.39 is 11.6 Å². The molecule has 5 aromatic rings. The van der Waals surface area contributed by atoms with Crippen LogP contribution >= 0.6 is 11.3 Å². The van der Waals surface area contributed by atoms with E-state index in [1.54, 1.807) is 11.0 Å². The van der Waals surface area contributed by atoms with Crippen molar-refractivity contribution in [2.24, 2.45) is 0 Å². The Labute approximate surface area is 266 Å². The van der Waals surface area contributed by atoms with Gasteiger partial charge in [-0.05, 0) is 47.7 Å². The molecule has 12 heteroatoms. The van der Waals surface area contributed by atoms with Crippen LogP contribution in [0, 0.1) is 11.6 Å². The highest BCUT2D eigenvalue weighted by Gasteiger charge is 2.28. The first kappa shape index (κ1) is 29.8. The number of nitrogens with zero attached hydrogens (tertiary/aromatic N) is 4. The van der Waals surface area contributed by atoms with Crippen LogP contribution in [0.5, 0.6) is 5.75 Å². The molecule has 2 aliphatic rings. The fraction of sp³-hybridized carbons (Fsp3) is 0.235. The Kier molecular flexibility index (Phi) is 7.83. The summed E-state index contributed by atoms with van der Waals surface area (Å²) < 4.78 is 38.6. The fourth-order valence-corrected chi connectivity index (χ4v) is 7.14. The maximum absolute atomic E-state index is 15.9. The van der Waals surface area contributed by atoms with Crippen molar-refractivity contribution in [3.63, 3.8) is 0 Å². The van der Waals surface area contributed by atoms with Gasteiger partial charge in [-0.15, -0.1) is 11.3 Å². The predicted octanol–water partition coefficient (Wildman–Crippen LogP) is 5.00. The Morgan fingerprint density at radius 1 is 1.09 bits per heavy atom. The van der Waals surface area contributed by atoms with Gasteiger partial charge in [0, 0.05) is 70.7 Å². The maximum atomic E-state index is 15.9. The summed E-state index contributed by atoms with van der Waals surface area (Å²) in [7, 11) is 0.